The number of nitrogens with one attached hydrogen (secondary N) is 9. The van der Waals surface area contributed by atoms with Gasteiger partial charge in [0.05, 0.1) is 0 Å². The Morgan fingerprint density at radius 2 is 1.25 bits per heavy atom. The average molecular weight is 1040 g/mol. The van der Waals surface area contributed by atoms with E-state index in [-0.39, 0.29) is 115 Å². The highest BCUT2D eigenvalue weighted by molar-refractivity contribution is 5.98. The molecule has 4 rings (SSSR count). The predicted octanol–water partition coefficient (Wildman–Crippen LogP) is -3.61. The molecule has 26 nitrogen and oxygen atoms in total. The van der Waals surface area contributed by atoms with Gasteiger partial charge in [-0.3, -0.25) is 53.1 Å². The van der Waals surface area contributed by atoms with Gasteiger partial charge in [-0.25, -0.2) is 0 Å². The topological polar surface area (TPSA) is 446 Å². The second kappa shape index (κ2) is 30.7. The molecule has 3 aromatic rings. The maximum Gasteiger partial charge on any atom is 0.243 e. The van der Waals surface area contributed by atoms with Gasteiger partial charge < -0.3 is 81.9 Å². The molecule has 0 radical (unpaired) electrons. The van der Waals surface area contributed by atoms with Crippen LogP contribution in [0.1, 0.15) is 82.3 Å². The number of aliphatic imine (C=N–C) groups is 2. The molecule has 0 aliphatic carbocycles. The predicted molar refractivity (Wildman–Crippen MR) is 280 cm³/mol. The van der Waals surface area contributed by atoms with E-state index in [4.69, 9.17) is 34.4 Å². The molecule has 0 saturated carbocycles. The van der Waals surface area contributed by atoms with E-state index >= 15 is 0 Å². The van der Waals surface area contributed by atoms with E-state index in [1.807, 2.05) is 24.3 Å². The number of rotatable bonds is 19. The second-order valence-electron chi connectivity index (χ2n) is 18.1. The lowest BCUT2D eigenvalue weighted by Gasteiger charge is -2.28. The SMILES string of the molecule is CC(=O)N[C@@H](CCCN=C(N)N)C(=O)N[C@H]1CCC(=O)NCCC[C@@H](C(N)=O)NC(=O)[C@H](Cc2c[nH]c3ccccc23)NC(=O)[C@H](CCCN=C(N)N)NC(=O)[C@@H](Cc2ccccc2)NC(=O)[C@H](CCCN)NC1=O. The summed E-state index contributed by atoms with van der Waals surface area (Å²) in [6.45, 7) is 1.48. The molecule has 1 aliphatic heterocycles. The van der Waals surface area contributed by atoms with E-state index in [0.717, 1.165) is 10.9 Å². The largest absolute Gasteiger partial charge is 0.370 e. The summed E-state index contributed by atoms with van der Waals surface area (Å²) in [5.74, 6) is -7.25. The number of aromatic amines is 1. The average Bonchev–Trinajstić information content (AvgIpc) is 3.78. The second-order valence-corrected chi connectivity index (χ2v) is 18.1. The Balaban J connectivity index is 1.77. The molecule has 7 atom stereocenters. The van der Waals surface area contributed by atoms with Crippen LogP contribution < -0.4 is 76.9 Å². The number of primary amides is 1. The smallest absolute Gasteiger partial charge is 0.243 e. The Hall–Kier alpha value is -8.29. The number of amides is 9. The Morgan fingerprint density at radius 3 is 1.89 bits per heavy atom. The summed E-state index contributed by atoms with van der Waals surface area (Å²) in [4.78, 5) is 135. The molecular formula is C49H73N17O9. The van der Waals surface area contributed by atoms with Crippen molar-refractivity contribution in [2.45, 2.75) is 126 Å². The molecule has 1 aromatic heterocycles. The van der Waals surface area contributed by atoms with Crippen molar-refractivity contribution in [1.29, 1.82) is 0 Å². The number of nitrogens with two attached hydrogens (primary N) is 6. The minimum Gasteiger partial charge on any atom is -0.370 e. The van der Waals surface area contributed by atoms with Crippen molar-refractivity contribution >= 4 is 76.0 Å². The van der Waals surface area contributed by atoms with Crippen LogP contribution in [0.3, 0.4) is 0 Å². The molecule has 2 aromatic carbocycles. The molecule has 0 spiro atoms. The van der Waals surface area contributed by atoms with E-state index in [9.17, 15) is 43.2 Å². The number of hydrogen-bond acceptors (Lipinski definition) is 12. The summed E-state index contributed by atoms with van der Waals surface area (Å²) in [5, 5.41) is 22.2. The number of para-hydroxylation sites is 1. The summed E-state index contributed by atoms with van der Waals surface area (Å²) < 4.78 is 0. The van der Waals surface area contributed by atoms with Crippen LogP contribution in [0.25, 0.3) is 10.9 Å². The van der Waals surface area contributed by atoms with E-state index in [1.54, 1.807) is 36.5 Å². The molecule has 75 heavy (non-hydrogen) atoms. The fourth-order valence-electron chi connectivity index (χ4n) is 8.26. The molecule has 9 amide bonds. The number of aromatic nitrogens is 1. The third-order valence-electron chi connectivity index (χ3n) is 12.1. The van der Waals surface area contributed by atoms with Crippen molar-refractivity contribution in [2.75, 3.05) is 26.2 Å². The molecule has 26 heteroatoms. The van der Waals surface area contributed by atoms with Gasteiger partial charge in [0.1, 0.15) is 42.3 Å². The molecule has 0 bridgehead atoms. The van der Waals surface area contributed by atoms with E-state index in [0.29, 0.717) is 11.1 Å². The Morgan fingerprint density at radius 1 is 0.680 bits per heavy atom. The third-order valence-corrected chi connectivity index (χ3v) is 12.1. The number of guanidine groups is 2. The van der Waals surface area contributed by atoms with Crippen molar-refractivity contribution in [3.05, 3.63) is 71.9 Å². The zero-order chi connectivity index (χ0) is 54.9. The van der Waals surface area contributed by atoms with Crippen molar-refractivity contribution in [3.8, 4) is 0 Å². The minimum atomic E-state index is -1.46. The lowest BCUT2D eigenvalue weighted by atomic mass is 10.0. The normalized spacial score (nSPS) is 21.1. The lowest BCUT2D eigenvalue weighted by Crippen LogP contribution is -2.60. The molecule has 1 aliphatic rings. The zero-order valence-electron chi connectivity index (χ0n) is 42.2. The van der Waals surface area contributed by atoms with Gasteiger partial charge in [0, 0.05) is 62.9 Å². The number of fused-ring (bicyclic) bond motifs is 1. The highest BCUT2D eigenvalue weighted by Crippen LogP contribution is 2.20. The van der Waals surface area contributed by atoms with Gasteiger partial charge in [0.2, 0.25) is 53.2 Å². The van der Waals surface area contributed by atoms with Gasteiger partial charge in [-0.1, -0.05) is 48.5 Å². The van der Waals surface area contributed by atoms with Gasteiger partial charge in [0.25, 0.3) is 0 Å². The standard InChI is InChI=1S/C49H73N17O9/c1-28(67)60-34(17-9-23-57-48(52)53)42(70)64-37-19-20-40(68)56-22-8-16-33(41(51)69)61-47(75)39(26-30-27-59-32-14-6-5-13-31(30)32)66-44(72)36(18-10-24-58-49(54)55)63-46(74)38(25-29-11-3-2-4-12-29)65-43(71)35(15-7-21-50)62-45(37)73/h2-6,11-14,27,33-39,59H,7-10,15-26,50H2,1H3,(H2,51,69)(H,56,68)(H,60,67)(H,61,75)(H,62,73)(H,63,74)(H,64,70)(H,65,71)(H,66,72)(H4,52,53,57)(H4,54,55,58)/t33-,34-,35-,36-,37-,38+,39-/m0/s1. The first-order chi connectivity index (χ1) is 35.8. The Kier molecular flexibility index (Phi) is 24.2. The first kappa shape index (κ1) is 59.3. The monoisotopic (exact) mass is 1040 g/mol. The first-order valence-corrected chi connectivity index (χ1v) is 24.9. The van der Waals surface area contributed by atoms with Crippen LogP contribution in [-0.2, 0) is 56.0 Å². The molecule has 21 N–H and O–H groups in total. The van der Waals surface area contributed by atoms with Gasteiger partial charge in [-0.2, -0.15) is 0 Å². The minimum absolute atomic E-state index is 0.00960. The van der Waals surface area contributed by atoms with Gasteiger partial charge >= 0.3 is 0 Å². The molecule has 2 heterocycles. The third kappa shape index (κ3) is 20.6. The maximum absolute atomic E-state index is 14.6. The van der Waals surface area contributed by atoms with Crippen LogP contribution >= 0.6 is 0 Å². The Bertz CT molecular complexity index is 2490. The van der Waals surface area contributed by atoms with Crippen LogP contribution in [0.4, 0.5) is 0 Å². The summed E-state index contributed by atoms with van der Waals surface area (Å²) in [7, 11) is 0. The summed E-state index contributed by atoms with van der Waals surface area (Å²) >= 11 is 0. The van der Waals surface area contributed by atoms with Gasteiger partial charge in [0.15, 0.2) is 11.9 Å². The number of H-pyrrole nitrogens is 1. The number of hydrogen-bond donors (Lipinski definition) is 15. The quantitative estimate of drug-likeness (QED) is 0.0314. The van der Waals surface area contributed by atoms with E-state index in [1.165, 1.54) is 6.92 Å². The van der Waals surface area contributed by atoms with Crippen molar-refractivity contribution in [2.24, 2.45) is 44.4 Å². The molecule has 408 valence electrons. The van der Waals surface area contributed by atoms with Crippen LogP contribution in [0, 0.1) is 0 Å². The number of carbonyl (C=O) groups excluding carboxylic acids is 9. The van der Waals surface area contributed by atoms with E-state index < -0.39 is 95.5 Å². The lowest BCUT2D eigenvalue weighted by molar-refractivity contribution is -0.136. The summed E-state index contributed by atoms with van der Waals surface area (Å²) in [5.41, 5.74) is 35.7. The molecule has 0 unspecified atom stereocenters. The van der Waals surface area contributed by atoms with Gasteiger partial charge in [-0.05, 0) is 81.5 Å². The fraction of sp³-hybridized carbons (Fsp3) is 0.490. The van der Waals surface area contributed by atoms with Crippen LogP contribution in [0.5, 0.6) is 0 Å². The van der Waals surface area contributed by atoms with E-state index in [2.05, 4.69) is 57.5 Å². The zero-order valence-corrected chi connectivity index (χ0v) is 42.2. The van der Waals surface area contributed by atoms with Crippen LogP contribution in [0.15, 0.2) is 70.8 Å². The summed E-state index contributed by atoms with van der Waals surface area (Å²) in [6.07, 6.45) is 1.59. The molecular weight excluding hydrogens is 971 g/mol. The Labute approximate surface area is 434 Å². The van der Waals surface area contributed by atoms with Crippen molar-refractivity contribution in [3.63, 3.8) is 0 Å². The van der Waals surface area contributed by atoms with Crippen molar-refractivity contribution in [1.82, 2.24) is 47.5 Å². The molecule has 1 saturated heterocycles. The van der Waals surface area contributed by atoms with Crippen molar-refractivity contribution < 1.29 is 43.2 Å². The van der Waals surface area contributed by atoms with Crippen LogP contribution in [-0.4, -0.2) is 139 Å². The summed E-state index contributed by atoms with van der Waals surface area (Å²) in [6, 6.07) is 6.66. The number of nitrogens with zero attached hydrogens (tertiary/aromatic N) is 2. The molecule has 1 fully saturated rings. The van der Waals surface area contributed by atoms with Crippen LogP contribution in [0.2, 0.25) is 0 Å². The fourth-order valence-corrected chi connectivity index (χ4v) is 8.26. The number of carbonyl (C=O) groups is 9. The highest BCUT2D eigenvalue weighted by Gasteiger charge is 2.35. The highest BCUT2D eigenvalue weighted by atomic mass is 16.2. The first-order valence-electron chi connectivity index (χ1n) is 24.9. The van der Waals surface area contributed by atoms with Gasteiger partial charge in [-0.15, -0.1) is 0 Å². The number of benzene rings is 2. The maximum atomic E-state index is 14.6.